The van der Waals surface area contributed by atoms with Gasteiger partial charge in [0, 0.05) is 16.7 Å². The minimum atomic E-state index is -3.67. The highest BCUT2D eigenvalue weighted by Gasteiger charge is 2.84. The van der Waals surface area contributed by atoms with Gasteiger partial charge >= 0.3 is 5.97 Å². The highest BCUT2D eigenvalue weighted by atomic mass is 32.2. The lowest BCUT2D eigenvalue weighted by Crippen LogP contribution is -2.60. The molecular weight excluding hydrogens is 388 g/mol. The van der Waals surface area contributed by atoms with Gasteiger partial charge in [-0.1, -0.05) is 46.4 Å². The van der Waals surface area contributed by atoms with Crippen LogP contribution in [0.1, 0.15) is 61.3 Å². The Hall–Kier alpha value is -0.600. The Morgan fingerprint density at radius 2 is 1.85 bits per heavy atom. The van der Waals surface area contributed by atoms with E-state index in [9.17, 15) is 18.0 Å². The molecule has 3 fully saturated rings. The number of rotatable bonds is 5. The molecule has 2 aliphatic carbocycles. The molecule has 1 saturated heterocycles. The van der Waals surface area contributed by atoms with Crippen molar-refractivity contribution >= 4 is 33.0 Å². The molecule has 27 heavy (non-hydrogen) atoms. The summed E-state index contributed by atoms with van der Waals surface area (Å²) >= 11 is 0.963. The van der Waals surface area contributed by atoms with Gasteiger partial charge in [0.25, 0.3) is 10.1 Å². The summed E-state index contributed by atoms with van der Waals surface area (Å²) in [6, 6.07) is 0. The second-order valence-corrected chi connectivity index (χ2v) is 12.2. The molecule has 2 bridgehead atoms. The summed E-state index contributed by atoms with van der Waals surface area (Å²) in [5, 5.41) is -0.582. The van der Waals surface area contributed by atoms with E-state index in [1.54, 1.807) is 13.8 Å². The Morgan fingerprint density at radius 3 is 2.41 bits per heavy atom. The largest absolute Gasteiger partial charge is 0.455 e. The van der Waals surface area contributed by atoms with Crippen LogP contribution in [0.2, 0.25) is 0 Å². The molecule has 6 unspecified atom stereocenters. The number of carbonyl (C=O) groups is 2. The average molecular weight is 419 g/mol. The number of thioether (sulfide) groups is 1. The van der Waals surface area contributed by atoms with Crippen molar-refractivity contribution in [2.75, 3.05) is 5.75 Å². The van der Waals surface area contributed by atoms with Crippen LogP contribution in [0.4, 0.5) is 0 Å². The molecule has 8 heteroatoms. The summed E-state index contributed by atoms with van der Waals surface area (Å²) in [6.07, 6.45) is 1.11. The fraction of sp³-hybridized carbons (Fsp3) is 0.895. The van der Waals surface area contributed by atoms with Crippen molar-refractivity contribution in [1.29, 1.82) is 0 Å². The quantitative estimate of drug-likeness (QED) is 0.501. The molecule has 1 aliphatic heterocycles. The molecule has 1 heterocycles. The summed E-state index contributed by atoms with van der Waals surface area (Å²) in [4.78, 5) is 24.9. The van der Waals surface area contributed by atoms with Gasteiger partial charge in [0.2, 0.25) is 0 Å². The number of hydrogen-bond acceptors (Lipinski definition) is 7. The van der Waals surface area contributed by atoms with Gasteiger partial charge in [0.05, 0.1) is 11.0 Å². The molecule has 2 saturated carbocycles. The molecule has 0 spiro atoms. The molecule has 0 aromatic heterocycles. The van der Waals surface area contributed by atoms with E-state index in [2.05, 4.69) is 0 Å². The van der Waals surface area contributed by atoms with E-state index in [1.807, 2.05) is 34.6 Å². The first-order valence-corrected chi connectivity index (χ1v) is 12.0. The summed E-state index contributed by atoms with van der Waals surface area (Å²) in [7, 11) is -3.67. The molecule has 6 atom stereocenters. The monoisotopic (exact) mass is 418 g/mol. The average Bonchev–Trinajstić information content (AvgIpc) is 2.98. The van der Waals surface area contributed by atoms with Crippen LogP contribution in [-0.2, 0) is 28.6 Å². The van der Waals surface area contributed by atoms with E-state index in [-0.39, 0.29) is 22.7 Å². The van der Waals surface area contributed by atoms with Crippen molar-refractivity contribution in [3.8, 4) is 0 Å². The maximum absolute atomic E-state index is 12.6. The van der Waals surface area contributed by atoms with Crippen molar-refractivity contribution in [2.45, 2.75) is 77.8 Å². The van der Waals surface area contributed by atoms with Crippen LogP contribution >= 0.6 is 11.8 Å². The SMILES string of the molecule is CCC(C)(C)C(=O)SCC(=O)OC1(C)C2(C)CC3C(C2C)C1(C)OS3(=O)=O. The zero-order valence-corrected chi connectivity index (χ0v) is 18.8. The van der Waals surface area contributed by atoms with Crippen molar-refractivity contribution in [2.24, 2.45) is 22.7 Å². The number of carbonyl (C=O) groups excluding carboxylic acids is 2. The number of ether oxygens (including phenoxy) is 1. The third-order valence-corrected chi connectivity index (χ3v) is 11.0. The molecule has 3 aliphatic rings. The summed E-state index contributed by atoms with van der Waals surface area (Å²) < 4.78 is 36.5. The summed E-state index contributed by atoms with van der Waals surface area (Å²) in [5.41, 5.74) is -3.13. The summed E-state index contributed by atoms with van der Waals surface area (Å²) in [6.45, 7) is 13.2. The van der Waals surface area contributed by atoms with E-state index in [4.69, 9.17) is 8.92 Å². The molecule has 154 valence electrons. The Bertz CT molecular complexity index is 790. The Labute approximate surface area is 166 Å². The second-order valence-electron chi connectivity index (χ2n) is 9.48. The van der Waals surface area contributed by atoms with E-state index in [0.717, 1.165) is 11.8 Å². The fourth-order valence-electron chi connectivity index (χ4n) is 5.45. The van der Waals surface area contributed by atoms with E-state index in [1.165, 1.54) is 0 Å². The van der Waals surface area contributed by atoms with Gasteiger partial charge in [-0.15, -0.1) is 0 Å². The van der Waals surface area contributed by atoms with Crippen LogP contribution in [0.3, 0.4) is 0 Å². The van der Waals surface area contributed by atoms with Crippen LogP contribution in [0.25, 0.3) is 0 Å². The van der Waals surface area contributed by atoms with Gasteiger partial charge in [-0.25, -0.2) is 0 Å². The van der Waals surface area contributed by atoms with Crippen molar-refractivity contribution in [1.82, 2.24) is 0 Å². The van der Waals surface area contributed by atoms with E-state index in [0.29, 0.717) is 12.8 Å². The van der Waals surface area contributed by atoms with Crippen molar-refractivity contribution in [3.63, 3.8) is 0 Å². The Balaban J connectivity index is 1.81. The lowest BCUT2D eigenvalue weighted by molar-refractivity contribution is -0.200. The predicted molar refractivity (Wildman–Crippen MR) is 104 cm³/mol. The summed E-state index contributed by atoms with van der Waals surface area (Å²) in [5.74, 6) is -0.733. The van der Waals surface area contributed by atoms with Crippen LogP contribution < -0.4 is 0 Å². The normalized spacial score (nSPS) is 44.5. The topological polar surface area (TPSA) is 86.7 Å². The maximum atomic E-state index is 12.6. The highest BCUT2D eigenvalue weighted by Crippen LogP contribution is 2.74. The third kappa shape index (κ3) is 2.58. The van der Waals surface area contributed by atoms with Gasteiger partial charge in [-0.3, -0.25) is 13.8 Å². The third-order valence-electron chi connectivity index (χ3n) is 7.98. The molecule has 6 nitrogen and oxygen atoms in total. The van der Waals surface area contributed by atoms with E-state index >= 15 is 0 Å². The van der Waals surface area contributed by atoms with Gasteiger partial charge in [0.15, 0.2) is 5.12 Å². The zero-order chi connectivity index (χ0) is 20.6. The molecule has 0 N–H and O–H groups in total. The highest BCUT2D eigenvalue weighted by molar-refractivity contribution is 8.14. The van der Waals surface area contributed by atoms with Gasteiger partial charge < -0.3 is 4.74 Å². The molecule has 0 aromatic rings. The van der Waals surface area contributed by atoms with Gasteiger partial charge in [-0.2, -0.15) is 8.42 Å². The number of hydrogen-bond donors (Lipinski definition) is 0. The van der Waals surface area contributed by atoms with E-state index < -0.39 is 43.4 Å². The Morgan fingerprint density at radius 1 is 1.26 bits per heavy atom. The maximum Gasteiger partial charge on any atom is 0.317 e. The fourth-order valence-corrected chi connectivity index (χ4v) is 8.58. The minimum Gasteiger partial charge on any atom is -0.455 e. The van der Waals surface area contributed by atoms with Gasteiger partial charge in [0.1, 0.15) is 11.2 Å². The standard InChI is InChI=1S/C19H30O6S2/c1-8-16(3,4)15(21)26-10-13(20)24-19(7)17(5)9-12-14(11(17)2)18(19,6)25-27(12,22)23/h11-12,14H,8-10H2,1-7H3. The first kappa shape index (κ1) is 21.1. The van der Waals surface area contributed by atoms with Crippen LogP contribution in [0.5, 0.6) is 0 Å². The lowest BCUT2D eigenvalue weighted by Gasteiger charge is -2.48. The van der Waals surface area contributed by atoms with Crippen LogP contribution in [0, 0.1) is 22.7 Å². The predicted octanol–water partition coefficient (Wildman–Crippen LogP) is 3.15. The second kappa shape index (κ2) is 5.95. The molecule has 0 amide bonds. The van der Waals surface area contributed by atoms with Gasteiger partial charge in [-0.05, 0) is 32.6 Å². The first-order valence-electron chi connectivity index (χ1n) is 9.50. The molecule has 0 aromatic carbocycles. The molecular formula is C19H30O6S2. The lowest BCUT2D eigenvalue weighted by atomic mass is 9.66. The smallest absolute Gasteiger partial charge is 0.317 e. The zero-order valence-electron chi connectivity index (χ0n) is 17.1. The van der Waals surface area contributed by atoms with Crippen LogP contribution in [-0.4, -0.2) is 41.7 Å². The number of esters is 1. The van der Waals surface area contributed by atoms with Crippen molar-refractivity contribution in [3.05, 3.63) is 0 Å². The van der Waals surface area contributed by atoms with Crippen molar-refractivity contribution < 1.29 is 26.9 Å². The first-order chi connectivity index (χ1) is 12.2. The number of fused-ring (bicyclic) bond motifs is 1. The Kier molecular flexibility index (Phi) is 4.66. The molecule has 0 radical (unpaired) electrons. The van der Waals surface area contributed by atoms with Crippen LogP contribution in [0.15, 0.2) is 0 Å². The molecule has 3 rings (SSSR count). The minimum absolute atomic E-state index is 0.0504.